The second-order valence-corrected chi connectivity index (χ2v) is 5.45. The lowest BCUT2D eigenvalue weighted by molar-refractivity contribution is 0.236. The number of anilines is 1. The Hall–Kier alpha value is -2.40. The molecule has 1 aromatic rings. The number of nitrogens with zero attached hydrogens (tertiary/aromatic N) is 4. The molecule has 7 heteroatoms. The van der Waals surface area contributed by atoms with Crippen LogP contribution in [0.2, 0.25) is 0 Å². The molecule has 0 radical (unpaired) electrons. The van der Waals surface area contributed by atoms with E-state index < -0.39 is 6.03 Å². The van der Waals surface area contributed by atoms with Crippen molar-refractivity contribution >= 4 is 11.7 Å². The molecule has 0 saturated carbocycles. The maximum Gasteiger partial charge on any atom is 0.308 e. The zero-order valence-electron chi connectivity index (χ0n) is 12.9. The predicted octanol–water partition coefficient (Wildman–Crippen LogP) is 3.32. The number of urea groups is 1. The molecule has 0 aromatic heterocycles. The quantitative estimate of drug-likeness (QED) is 0.525. The molecule has 7 nitrogen and oxygen atoms in total. The normalized spacial score (nSPS) is 16.5. The minimum absolute atomic E-state index is 0.0102. The van der Waals surface area contributed by atoms with Gasteiger partial charge in [0.2, 0.25) is 0 Å². The SMILES string of the molecule is COc1ccc(N2CCC(C(C)NC(=O)N=[N+]=[N-])CC2)cc1. The van der Waals surface area contributed by atoms with Crippen LogP contribution in [0.4, 0.5) is 10.5 Å². The summed E-state index contributed by atoms with van der Waals surface area (Å²) >= 11 is 0. The van der Waals surface area contributed by atoms with Gasteiger partial charge in [0.25, 0.3) is 0 Å². The fraction of sp³-hybridized carbons (Fsp3) is 0.533. The predicted molar refractivity (Wildman–Crippen MR) is 85.1 cm³/mol. The van der Waals surface area contributed by atoms with E-state index in [9.17, 15) is 4.79 Å². The molecule has 0 aliphatic carbocycles. The summed E-state index contributed by atoms with van der Waals surface area (Å²) < 4.78 is 5.17. The van der Waals surface area contributed by atoms with E-state index in [0.29, 0.717) is 5.92 Å². The number of carbonyl (C=O) groups is 1. The first-order valence-electron chi connectivity index (χ1n) is 7.38. The summed E-state index contributed by atoms with van der Waals surface area (Å²) in [6.45, 7) is 3.84. The number of ether oxygens (including phenoxy) is 1. The van der Waals surface area contributed by atoms with Gasteiger partial charge in [0.15, 0.2) is 0 Å². The third kappa shape index (κ3) is 4.05. The summed E-state index contributed by atoms with van der Waals surface area (Å²) in [5.74, 6) is 1.25. The zero-order chi connectivity index (χ0) is 15.9. The molecule has 118 valence electrons. The van der Waals surface area contributed by atoms with Crippen molar-refractivity contribution in [2.24, 2.45) is 11.0 Å². The minimum atomic E-state index is -0.604. The minimum Gasteiger partial charge on any atom is -0.497 e. The van der Waals surface area contributed by atoms with Crippen LogP contribution in [0.5, 0.6) is 5.75 Å². The Kier molecular flexibility index (Phi) is 5.49. The number of carbonyl (C=O) groups excluding carboxylic acids is 1. The van der Waals surface area contributed by atoms with Crippen LogP contribution in [-0.2, 0) is 0 Å². The lowest BCUT2D eigenvalue weighted by Crippen LogP contribution is -2.43. The van der Waals surface area contributed by atoms with Gasteiger partial charge in [-0.05, 0) is 55.5 Å². The summed E-state index contributed by atoms with van der Waals surface area (Å²) in [7, 11) is 1.66. The second kappa shape index (κ2) is 7.56. The molecule has 1 saturated heterocycles. The Morgan fingerprint density at radius 3 is 2.59 bits per heavy atom. The van der Waals surface area contributed by atoms with Crippen molar-refractivity contribution in [2.75, 3.05) is 25.1 Å². The van der Waals surface area contributed by atoms with Gasteiger partial charge in [-0.2, -0.15) is 0 Å². The van der Waals surface area contributed by atoms with E-state index in [4.69, 9.17) is 10.3 Å². The van der Waals surface area contributed by atoms with E-state index in [2.05, 4.69) is 32.4 Å². The average Bonchev–Trinajstić information content (AvgIpc) is 2.55. The average molecular weight is 303 g/mol. The first-order chi connectivity index (χ1) is 10.6. The number of hydrogen-bond donors (Lipinski definition) is 1. The first-order valence-corrected chi connectivity index (χ1v) is 7.38. The van der Waals surface area contributed by atoms with E-state index in [1.54, 1.807) is 7.11 Å². The van der Waals surface area contributed by atoms with Crippen LogP contribution in [0.25, 0.3) is 10.4 Å². The van der Waals surface area contributed by atoms with E-state index >= 15 is 0 Å². The second-order valence-electron chi connectivity index (χ2n) is 5.45. The number of piperidine rings is 1. The Morgan fingerprint density at radius 1 is 1.41 bits per heavy atom. The molecular formula is C15H21N5O2. The van der Waals surface area contributed by atoms with Crippen LogP contribution in [0, 0.1) is 5.92 Å². The van der Waals surface area contributed by atoms with Crippen molar-refractivity contribution in [3.63, 3.8) is 0 Å². The van der Waals surface area contributed by atoms with Crippen molar-refractivity contribution in [2.45, 2.75) is 25.8 Å². The van der Waals surface area contributed by atoms with Crippen LogP contribution in [0.3, 0.4) is 0 Å². The number of amides is 2. The third-order valence-electron chi connectivity index (χ3n) is 4.17. The lowest BCUT2D eigenvalue weighted by Gasteiger charge is -2.36. The van der Waals surface area contributed by atoms with Crippen molar-refractivity contribution in [1.82, 2.24) is 5.32 Å². The molecule has 0 spiro atoms. The molecule has 1 fully saturated rings. The molecule has 22 heavy (non-hydrogen) atoms. The van der Waals surface area contributed by atoms with Crippen LogP contribution in [-0.4, -0.2) is 32.3 Å². The Bertz CT molecular complexity index is 546. The summed E-state index contributed by atoms with van der Waals surface area (Å²) in [5, 5.41) is 5.77. The number of benzene rings is 1. The number of azide groups is 1. The summed E-state index contributed by atoms with van der Waals surface area (Å²) in [6.07, 6.45) is 1.98. The van der Waals surface area contributed by atoms with Gasteiger partial charge in [-0.25, -0.2) is 0 Å². The highest BCUT2D eigenvalue weighted by molar-refractivity contribution is 5.74. The summed E-state index contributed by atoms with van der Waals surface area (Å²) in [5.41, 5.74) is 9.43. The number of nitrogens with one attached hydrogen (secondary N) is 1. The molecule has 1 heterocycles. The van der Waals surface area contributed by atoms with Crippen molar-refractivity contribution in [3.8, 4) is 5.75 Å². The number of methoxy groups -OCH3 is 1. The summed E-state index contributed by atoms with van der Waals surface area (Å²) in [4.78, 5) is 16.1. The van der Waals surface area contributed by atoms with Crippen molar-refractivity contribution in [3.05, 3.63) is 34.7 Å². The number of hydrogen-bond acceptors (Lipinski definition) is 3. The van der Waals surface area contributed by atoms with Crippen LogP contribution in [0.1, 0.15) is 19.8 Å². The van der Waals surface area contributed by atoms with Gasteiger partial charge in [-0.15, -0.1) is 0 Å². The Balaban J connectivity index is 1.86. The van der Waals surface area contributed by atoms with Gasteiger partial charge in [-0.1, -0.05) is 0 Å². The molecule has 0 bridgehead atoms. The van der Waals surface area contributed by atoms with Gasteiger partial charge >= 0.3 is 6.03 Å². The molecule has 1 atom stereocenters. The van der Waals surface area contributed by atoms with Crippen LogP contribution >= 0.6 is 0 Å². The van der Waals surface area contributed by atoms with E-state index in [-0.39, 0.29) is 6.04 Å². The van der Waals surface area contributed by atoms with Gasteiger partial charge in [0.05, 0.1) is 7.11 Å². The fourth-order valence-corrected chi connectivity index (χ4v) is 2.83. The smallest absolute Gasteiger partial charge is 0.308 e. The van der Waals surface area contributed by atoms with Crippen molar-refractivity contribution < 1.29 is 9.53 Å². The molecular weight excluding hydrogens is 282 g/mol. The highest BCUT2D eigenvalue weighted by Crippen LogP contribution is 2.26. The first kappa shape index (κ1) is 16.0. The fourth-order valence-electron chi connectivity index (χ4n) is 2.83. The monoisotopic (exact) mass is 303 g/mol. The molecule has 2 rings (SSSR count). The van der Waals surface area contributed by atoms with Crippen LogP contribution < -0.4 is 15.0 Å². The van der Waals surface area contributed by atoms with Gasteiger partial charge < -0.3 is 15.0 Å². The molecule has 2 amide bonds. The Morgan fingerprint density at radius 2 is 2.05 bits per heavy atom. The standard InChI is InChI=1S/C15H21N5O2/c1-11(17-15(21)18-19-16)12-7-9-20(10-8-12)13-3-5-14(22-2)6-4-13/h3-6,11-12H,7-10H2,1-2H3,(H,17,21). The van der Waals surface area contributed by atoms with Crippen molar-refractivity contribution in [1.29, 1.82) is 0 Å². The van der Waals surface area contributed by atoms with Gasteiger partial charge in [0, 0.05) is 34.8 Å². The largest absolute Gasteiger partial charge is 0.497 e. The molecule has 1 aliphatic rings. The highest BCUT2D eigenvalue weighted by atomic mass is 16.5. The van der Waals surface area contributed by atoms with Crippen LogP contribution in [0.15, 0.2) is 29.4 Å². The highest BCUT2D eigenvalue weighted by Gasteiger charge is 2.24. The number of rotatable bonds is 4. The lowest BCUT2D eigenvalue weighted by atomic mass is 9.90. The van der Waals surface area contributed by atoms with Gasteiger partial charge in [-0.3, -0.25) is 4.79 Å². The maximum atomic E-state index is 11.3. The van der Waals surface area contributed by atoms with E-state index in [0.717, 1.165) is 31.7 Å². The summed E-state index contributed by atoms with van der Waals surface area (Å²) in [6, 6.07) is 7.45. The maximum absolute atomic E-state index is 11.3. The molecule has 1 aromatic carbocycles. The topological polar surface area (TPSA) is 90.3 Å². The van der Waals surface area contributed by atoms with Gasteiger partial charge in [0.1, 0.15) is 5.75 Å². The van der Waals surface area contributed by atoms with E-state index in [1.807, 2.05) is 19.1 Å². The molecule has 1 aliphatic heterocycles. The zero-order valence-corrected chi connectivity index (χ0v) is 12.9. The molecule has 1 unspecified atom stereocenters. The molecule has 1 N–H and O–H groups in total. The Labute approximate surface area is 129 Å². The van der Waals surface area contributed by atoms with E-state index in [1.165, 1.54) is 5.69 Å². The third-order valence-corrected chi connectivity index (χ3v) is 4.17.